The van der Waals surface area contributed by atoms with Crippen molar-refractivity contribution in [2.45, 2.75) is 82.8 Å². The first-order chi connectivity index (χ1) is 33.2. The Bertz CT molecular complexity index is 2620. The van der Waals surface area contributed by atoms with Crippen LogP contribution in [0.25, 0.3) is 10.8 Å². The topological polar surface area (TPSA) is 162 Å². The first kappa shape index (κ1) is 47.9. The Morgan fingerprint density at radius 1 is 0.926 bits per heavy atom. The fraction of sp³-hybridized carbons (Fsp3) is 0.370. The zero-order valence-electron chi connectivity index (χ0n) is 38.2. The molecule has 1 heterocycles. The molecule has 3 aliphatic rings. The van der Waals surface area contributed by atoms with Gasteiger partial charge in [0.1, 0.15) is 35.7 Å². The highest BCUT2D eigenvalue weighted by Crippen LogP contribution is 2.62. The molecule has 68 heavy (non-hydrogen) atoms. The van der Waals surface area contributed by atoms with E-state index in [1.54, 1.807) is 42.2 Å². The van der Waals surface area contributed by atoms with E-state index < -0.39 is 34.6 Å². The molecule has 5 aromatic rings. The SMILES string of the molecule is C=CCOC12Oc3ccc(Oc4ccc5ccccc5c4)cc3C3C(CCCCO)C(CCCCO)C=C(C(=NOCc4ccc([N+](=O)[O-])cc4)CC1N(Cc1ccc(F)cc1)C(=O)OCC)C32. The summed E-state index contributed by atoms with van der Waals surface area (Å²) in [6.45, 7) is 5.98. The Morgan fingerprint density at radius 2 is 1.63 bits per heavy atom. The molecule has 6 unspecified atom stereocenters. The molecule has 2 aliphatic carbocycles. The van der Waals surface area contributed by atoms with Gasteiger partial charge in [0, 0.05) is 49.8 Å². The van der Waals surface area contributed by atoms with Crippen LogP contribution in [0.2, 0.25) is 0 Å². The minimum atomic E-state index is -1.58. The first-order valence-corrected chi connectivity index (χ1v) is 23.4. The fourth-order valence-electron chi connectivity index (χ4n) is 10.3. The molecule has 1 aliphatic heterocycles. The van der Waals surface area contributed by atoms with Crippen molar-refractivity contribution in [3.63, 3.8) is 0 Å². The van der Waals surface area contributed by atoms with Crippen molar-refractivity contribution in [2.75, 3.05) is 26.4 Å². The van der Waals surface area contributed by atoms with Crippen molar-refractivity contribution in [1.29, 1.82) is 0 Å². The molecule has 0 radical (unpaired) electrons. The third kappa shape index (κ3) is 10.4. The molecule has 0 aromatic heterocycles. The molecule has 1 amide bonds. The van der Waals surface area contributed by atoms with E-state index in [4.69, 9.17) is 28.9 Å². The van der Waals surface area contributed by atoms with Gasteiger partial charge in [-0.25, -0.2) is 9.18 Å². The number of unbranched alkanes of at least 4 members (excludes halogenated alkanes) is 2. The lowest BCUT2D eigenvalue weighted by Gasteiger charge is -2.59. The Morgan fingerprint density at radius 3 is 2.35 bits per heavy atom. The molecule has 8 rings (SSSR count). The average Bonchev–Trinajstić information content (AvgIpc) is 3.34. The number of ether oxygens (including phenoxy) is 4. The van der Waals surface area contributed by atoms with Crippen molar-refractivity contribution in [3.05, 3.63) is 166 Å². The lowest BCUT2D eigenvalue weighted by atomic mass is 9.55. The molecule has 1 saturated carbocycles. The molecule has 13 nitrogen and oxygen atoms in total. The summed E-state index contributed by atoms with van der Waals surface area (Å²) in [6, 6.07) is 31.0. The zero-order chi connectivity index (χ0) is 47.6. The van der Waals surface area contributed by atoms with Gasteiger partial charge >= 0.3 is 6.09 Å². The van der Waals surface area contributed by atoms with E-state index >= 15 is 0 Å². The smallest absolute Gasteiger partial charge is 0.410 e. The third-order valence-corrected chi connectivity index (χ3v) is 13.3. The van der Waals surface area contributed by atoms with Crippen molar-refractivity contribution in [3.8, 4) is 17.2 Å². The van der Waals surface area contributed by atoms with Gasteiger partial charge in [0.25, 0.3) is 5.69 Å². The van der Waals surface area contributed by atoms with Crippen molar-refractivity contribution < 1.29 is 48.1 Å². The van der Waals surface area contributed by atoms with E-state index in [1.807, 2.05) is 54.6 Å². The number of fused-ring (bicyclic) bond motifs is 3. The second-order valence-electron chi connectivity index (χ2n) is 17.5. The maximum Gasteiger partial charge on any atom is 0.410 e. The Labute approximate surface area is 395 Å². The van der Waals surface area contributed by atoms with E-state index in [1.165, 1.54) is 24.3 Å². The van der Waals surface area contributed by atoms with Crippen LogP contribution in [0.4, 0.5) is 14.9 Å². The summed E-state index contributed by atoms with van der Waals surface area (Å²) in [4.78, 5) is 33.2. The number of nitro benzene ring substituents is 1. The van der Waals surface area contributed by atoms with E-state index in [2.05, 4.69) is 18.7 Å². The summed E-state index contributed by atoms with van der Waals surface area (Å²) in [5.74, 6) is -1.21. The number of nitro groups is 1. The number of hydrogen-bond donors (Lipinski definition) is 2. The van der Waals surface area contributed by atoms with Crippen LogP contribution in [0.5, 0.6) is 17.2 Å². The number of aliphatic hydroxyl groups is 2. The highest BCUT2D eigenvalue weighted by Gasteiger charge is 2.65. The predicted octanol–water partition coefficient (Wildman–Crippen LogP) is 11.2. The van der Waals surface area contributed by atoms with Gasteiger partial charge < -0.3 is 34.0 Å². The Hall–Kier alpha value is -6.61. The molecule has 1 fully saturated rings. The van der Waals surface area contributed by atoms with Crippen LogP contribution in [0.1, 0.15) is 74.5 Å². The van der Waals surface area contributed by atoms with Crippen molar-refractivity contribution in [1.82, 2.24) is 4.90 Å². The normalized spacial score (nSPS) is 22.0. The summed E-state index contributed by atoms with van der Waals surface area (Å²) in [5.41, 5.74) is 3.51. The number of carbonyl (C=O) groups is 1. The highest BCUT2D eigenvalue weighted by molar-refractivity contribution is 6.03. The number of non-ortho nitro benzene ring substituents is 1. The third-order valence-electron chi connectivity index (χ3n) is 13.3. The lowest BCUT2D eigenvalue weighted by molar-refractivity contribution is -0.384. The molecule has 0 bridgehead atoms. The number of carbonyl (C=O) groups excluding carboxylic acids is 1. The number of nitrogens with zero attached hydrogens (tertiary/aromatic N) is 3. The number of rotatable bonds is 21. The molecular weight excluding hydrogens is 870 g/mol. The van der Waals surface area contributed by atoms with Crippen molar-refractivity contribution >= 4 is 28.3 Å². The summed E-state index contributed by atoms with van der Waals surface area (Å²) < 4.78 is 41.2. The summed E-state index contributed by atoms with van der Waals surface area (Å²) in [7, 11) is 0. The van der Waals surface area contributed by atoms with Gasteiger partial charge in [-0.05, 0) is 127 Å². The number of benzene rings is 5. The summed E-state index contributed by atoms with van der Waals surface area (Å²) in [6.07, 6.45) is 7.53. The molecule has 14 heteroatoms. The average molecular weight is 928 g/mol. The number of halogens is 1. The molecule has 2 N–H and O–H groups in total. The van der Waals surface area contributed by atoms with Crippen LogP contribution in [0, 0.1) is 33.7 Å². The molecule has 0 saturated heterocycles. The fourth-order valence-corrected chi connectivity index (χ4v) is 10.3. The summed E-state index contributed by atoms with van der Waals surface area (Å²) in [5, 5.41) is 38.4. The van der Waals surface area contributed by atoms with Gasteiger partial charge in [-0.1, -0.05) is 72.6 Å². The molecule has 0 spiro atoms. The quantitative estimate of drug-likeness (QED) is 0.0313. The molecule has 356 valence electrons. The van der Waals surface area contributed by atoms with E-state index in [0.717, 1.165) is 47.6 Å². The predicted molar refractivity (Wildman–Crippen MR) is 256 cm³/mol. The monoisotopic (exact) mass is 927 g/mol. The van der Waals surface area contributed by atoms with Gasteiger partial charge in [-0.2, -0.15) is 0 Å². The number of hydrogen-bond acceptors (Lipinski definition) is 11. The van der Waals surface area contributed by atoms with Crippen LogP contribution in [0.15, 0.2) is 139 Å². The molecular formula is C54H58FN3O10. The van der Waals surface area contributed by atoms with E-state index in [-0.39, 0.29) is 69.4 Å². The Balaban J connectivity index is 1.32. The number of aliphatic hydroxyl groups excluding tert-OH is 2. The second-order valence-corrected chi connectivity index (χ2v) is 17.5. The van der Waals surface area contributed by atoms with Crippen molar-refractivity contribution in [2.24, 2.45) is 22.9 Å². The van der Waals surface area contributed by atoms with Crippen LogP contribution in [-0.2, 0) is 27.5 Å². The maximum absolute atomic E-state index is 14.5. The summed E-state index contributed by atoms with van der Waals surface area (Å²) >= 11 is 0. The second kappa shape index (κ2) is 22.0. The van der Waals surface area contributed by atoms with Crippen LogP contribution >= 0.6 is 0 Å². The van der Waals surface area contributed by atoms with Crippen LogP contribution in [0.3, 0.4) is 0 Å². The highest BCUT2D eigenvalue weighted by atomic mass is 19.1. The number of oxime groups is 1. The molecule has 5 aromatic carbocycles. The first-order valence-electron chi connectivity index (χ1n) is 23.4. The number of allylic oxidation sites excluding steroid dienone is 1. The molecule has 6 atom stereocenters. The number of amides is 1. The van der Waals surface area contributed by atoms with Crippen LogP contribution in [-0.4, -0.2) is 70.1 Å². The standard InChI is InChI=1S/C54H58FN3O10/c1-3-29-65-54-50(57(53(61)64-4-2)34-36-15-20-41(55)21-16-36)33-48(56-66-35-37-17-22-42(23-18-37)58(62)63)46-31-40(13-7-9-27-59)45(14-8-10-28-60)51(52(46)54)47-32-44(25-26-49(47)68-54)67-43-24-19-38-11-5-6-12-39(38)30-43/h3,5-6,11-12,15-26,30-32,40,45,50-52,59-60H,1,4,7-10,13-14,27-29,33-35H2,2H3. The lowest BCUT2D eigenvalue weighted by Crippen LogP contribution is -2.70. The van der Waals surface area contributed by atoms with Gasteiger partial charge in [0.15, 0.2) is 0 Å². The Kier molecular flexibility index (Phi) is 15.5. The minimum Gasteiger partial charge on any atom is -0.459 e. The van der Waals surface area contributed by atoms with E-state index in [0.29, 0.717) is 46.9 Å². The van der Waals surface area contributed by atoms with Gasteiger partial charge in [0.2, 0.25) is 5.79 Å². The minimum absolute atomic E-state index is 0.00132. The van der Waals surface area contributed by atoms with Gasteiger partial charge in [0.05, 0.1) is 29.8 Å². The van der Waals surface area contributed by atoms with Gasteiger partial charge in [-0.15, -0.1) is 6.58 Å². The van der Waals surface area contributed by atoms with Gasteiger partial charge in [-0.3, -0.25) is 15.0 Å². The maximum atomic E-state index is 14.5. The van der Waals surface area contributed by atoms with E-state index in [9.17, 15) is 29.5 Å². The largest absolute Gasteiger partial charge is 0.459 e. The van der Waals surface area contributed by atoms with Crippen LogP contribution < -0.4 is 9.47 Å². The zero-order valence-corrected chi connectivity index (χ0v) is 38.2.